The van der Waals surface area contributed by atoms with Crippen molar-refractivity contribution in [2.24, 2.45) is 4.99 Å². The molecule has 13 nitrogen and oxygen atoms in total. The number of esters is 1. The van der Waals surface area contributed by atoms with Crippen molar-refractivity contribution in [3.8, 4) is 17.2 Å². The summed E-state index contributed by atoms with van der Waals surface area (Å²) in [6, 6.07) is 15.9. The molecule has 2 heterocycles. The maximum absolute atomic E-state index is 14.1. The van der Waals surface area contributed by atoms with E-state index in [-0.39, 0.29) is 29.8 Å². The molecule has 0 saturated heterocycles. The van der Waals surface area contributed by atoms with E-state index < -0.39 is 38.8 Å². The Morgan fingerprint density at radius 2 is 1.80 bits per heavy atom. The number of hydrogen-bond acceptors (Lipinski definition) is 11. The van der Waals surface area contributed by atoms with Crippen LogP contribution >= 0.6 is 11.3 Å². The Balaban J connectivity index is 1.60. The highest BCUT2D eigenvalue weighted by Crippen LogP contribution is 2.37. The maximum atomic E-state index is 14.1. The number of nitrogens with zero attached hydrogens (tertiary/aromatic N) is 4. The van der Waals surface area contributed by atoms with Gasteiger partial charge in [-0.25, -0.2) is 9.79 Å². The van der Waals surface area contributed by atoms with Gasteiger partial charge in [0.05, 0.1) is 44.4 Å². The van der Waals surface area contributed by atoms with E-state index in [1.807, 2.05) is 19.9 Å². The number of ether oxygens (including phenoxy) is 3. The van der Waals surface area contributed by atoms with Gasteiger partial charge in [0.15, 0.2) is 4.80 Å². The van der Waals surface area contributed by atoms with Crippen molar-refractivity contribution in [1.29, 1.82) is 0 Å². The molecule has 0 radical (unpaired) electrons. The number of nitro benzene ring substituents is 2. The van der Waals surface area contributed by atoms with Crippen LogP contribution in [0.25, 0.3) is 6.08 Å². The molecule has 0 aliphatic carbocycles. The van der Waals surface area contributed by atoms with Crippen molar-refractivity contribution in [2.45, 2.75) is 39.8 Å². The molecule has 0 spiro atoms. The quantitative estimate of drug-likeness (QED) is 0.128. The number of non-ortho nitro benzene ring substituents is 1. The number of rotatable bonds is 10. The van der Waals surface area contributed by atoms with Crippen LogP contribution in [0.3, 0.4) is 0 Å². The summed E-state index contributed by atoms with van der Waals surface area (Å²) in [4.78, 5) is 53.5. The van der Waals surface area contributed by atoms with E-state index in [4.69, 9.17) is 14.2 Å². The minimum absolute atomic E-state index is 0.137. The number of allylic oxidation sites excluding steroid dienone is 1. The molecule has 0 amide bonds. The second kappa shape index (κ2) is 13.2. The Kier molecular flexibility index (Phi) is 9.09. The number of carbonyl (C=O) groups is 1. The van der Waals surface area contributed by atoms with Crippen LogP contribution in [0, 0.1) is 20.2 Å². The number of para-hydroxylation sites is 1. The van der Waals surface area contributed by atoms with Gasteiger partial charge in [0.25, 0.3) is 11.2 Å². The summed E-state index contributed by atoms with van der Waals surface area (Å²) in [6.07, 6.45) is 1.45. The average molecular weight is 645 g/mol. The molecule has 4 aromatic rings. The van der Waals surface area contributed by atoms with Crippen LogP contribution in [-0.2, 0) is 9.53 Å². The lowest BCUT2D eigenvalue weighted by atomic mass is 9.95. The largest absolute Gasteiger partial charge is 0.491 e. The number of carbonyl (C=O) groups excluding carboxylic acids is 1. The molecule has 46 heavy (non-hydrogen) atoms. The zero-order valence-corrected chi connectivity index (χ0v) is 26.0. The molecular formula is C32H28N4O9S. The van der Waals surface area contributed by atoms with Crippen molar-refractivity contribution in [2.75, 3.05) is 6.61 Å². The van der Waals surface area contributed by atoms with Crippen LogP contribution in [0.2, 0.25) is 0 Å². The second-order valence-corrected chi connectivity index (χ2v) is 11.4. The molecule has 1 aliphatic heterocycles. The first kappa shape index (κ1) is 31.8. The summed E-state index contributed by atoms with van der Waals surface area (Å²) >= 11 is 1.13. The number of aromatic nitrogens is 1. The first-order chi connectivity index (χ1) is 22.0. The minimum atomic E-state index is -0.871. The molecular weight excluding hydrogens is 616 g/mol. The summed E-state index contributed by atoms with van der Waals surface area (Å²) in [7, 11) is 0. The number of hydrogen-bond donors (Lipinski definition) is 0. The first-order valence-corrected chi connectivity index (χ1v) is 15.0. The lowest BCUT2D eigenvalue weighted by Gasteiger charge is -2.26. The first-order valence-electron chi connectivity index (χ1n) is 14.1. The molecule has 1 aromatic heterocycles. The molecule has 5 rings (SSSR count). The molecule has 0 unspecified atom stereocenters. The van der Waals surface area contributed by atoms with E-state index in [0.29, 0.717) is 31.9 Å². The molecule has 0 fully saturated rings. The number of thiazole rings is 1. The average Bonchev–Trinajstić information content (AvgIpc) is 3.30. The molecule has 0 bridgehead atoms. The summed E-state index contributed by atoms with van der Waals surface area (Å²) in [5.74, 6) is -0.0562. The van der Waals surface area contributed by atoms with Crippen LogP contribution < -0.4 is 24.4 Å². The van der Waals surface area contributed by atoms with Gasteiger partial charge in [0.2, 0.25) is 5.75 Å². The zero-order valence-electron chi connectivity index (χ0n) is 25.2. The van der Waals surface area contributed by atoms with E-state index in [9.17, 15) is 29.8 Å². The Bertz CT molecular complexity index is 2080. The number of nitro groups is 2. The second-order valence-electron chi connectivity index (χ2n) is 10.3. The van der Waals surface area contributed by atoms with Crippen LogP contribution in [0.5, 0.6) is 17.2 Å². The van der Waals surface area contributed by atoms with Crippen LogP contribution in [0.1, 0.15) is 44.9 Å². The molecule has 236 valence electrons. The molecule has 0 saturated carbocycles. The monoisotopic (exact) mass is 644 g/mol. The fraction of sp³-hybridized carbons (Fsp3) is 0.219. The highest BCUT2D eigenvalue weighted by Gasteiger charge is 2.35. The molecule has 1 atom stereocenters. The topological polar surface area (TPSA) is 165 Å². The van der Waals surface area contributed by atoms with Crippen LogP contribution in [-0.4, -0.2) is 33.1 Å². The third kappa shape index (κ3) is 6.42. The fourth-order valence-electron chi connectivity index (χ4n) is 4.95. The molecule has 14 heteroatoms. The van der Waals surface area contributed by atoms with E-state index in [2.05, 4.69) is 4.99 Å². The maximum Gasteiger partial charge on any atom is 0.338 e. The Morgan fingerprint density at radius 1 is 1.04 bits per heavy atom. The van der Waals surface area contributed by atoms with Gasteiger partial charge in [-0.05, 0) is 63.6 Å². The minimum Gasteiger partial charge on any atom is -0.491 e. The van der Waals surface area contributed by atoms with Gasteiger partial charge >= 0.3 is 11.7 Å². The zero-order chi connectivity index (χ0) is 33.1. The van der Waals surface area contributed by atoms with E-state index in [1.165, 1.54) is 4.57 Å². The van der Waals surface area contributed by atoms with Crippen LogP contribution in [0.4, 0.5) is 11.4 Å². The number of benzene rings is 3. The molecule has 1 aliphatic rings. The van der Waals surface area contributed by atoms with Gasteiger partial charge < -0.3 is 14.2 Å². The predicted molar refractivity (Wildman–Crippen MR) is 169 cm³/mol. The summed E-state index contributed by atoms with van der Waals surface area (Å²) in [6.45, 7) is 7.30. The highest BCUT2D eigenvalue weighted by molar-refractivity contribution is 7.07. The van der Waals surface area contributed by atoms with Gasteiger partial charge in [-0.1, -0.05) is 41.7 Å². The summed E-state index contributed by atoms with van der Waals surface area (Å²) in [5, 5.41) is 22.7. The van der Waals surface area contributed by atoms with Gasteiger partial charge in [-0.15, -0.1) is 0 Å². The van der Waals surface area contributed by atoms with Crippen LogP contribution in [0.15, 0.2) is 87.8 Å². The Hall–Kier alpha value is -5.63. The summed E-state index contributed by atoms with van der Waals surface area (Å²) < 4.78 is 18.9. The Labute approximate surface area is 265 Å². The third-order valence-electron chi connectivity index (χ3n) is 6.83. The van der Waals surface area contributed by atoms with Crippen molar-refractivity contribution >= 4 is 34.8 Å². The van der Waals surface area contributed by atoms with Gasteiger partial charge in [-0.3, -0.25) is 29.6 Å². The number of fused-ring (bicyclic) bond motifs is 1. The fourth-order valence-corrected chi connectivity index (χ4v) is 5.99. The standard InChI is InChI=1S/C32H28N4O9S/c1-5-43-31(38)28-19(4)33-32-34(29(28)23-11-6-7-12-25(23)44-18(2)3)30(37)27(46-32)16-20-9-8-10-22(15-20)45-26-14-13-21(35(39)40)17-24(26)36(41)42/h6-18,29H,5H2,1-4H3/b27-16-/t29-/m0/s1. The van der Waals surface area contributed by atoms with Gasteiger partial charge in [0, 0.05) is 11.6 Å². The van der Waals surface area contributed by atoms with E-state index >= 15 is 0 Å². The van der Waals surface area contributed by atoms with Crippen molar-refractivity contribution in [3.05, 3.63) is 129 Å². The van der Waals surface area contributed by atoms with Gasteiger partial charge in [-0.2, -0.15) is 0 Å². The lowest BCUT2D eigenvalue weighted by molar-refractivity contribution is -0.394. The van der Waals surface area contributed by atoms with Crippen molar-refractivity contribution in [3.63, 3.8) is 0 Å². The van der Waals surface area contributed by atoms with Crippen molar-refractivity contribution in [1.82, 2.24) is 4.57 Å². The van der Waals surface area contributed by atoms with E-state index in [1.54, 1.807) is 62.4 Å². The normalized spacial score (nSPS) is 14.5. The summed E-state index contributed by atoms with van der Waals surface area (Å²) in [5.41, 5.74) is 0.356. The molecule has 3 aromatic carbocycles. The third-order valence-corrected chi connectivity index (χ3v) is 7.81. The Morgan fingerprint density at radius 3 is 2.50 bits per heavy atom. The smallest absolute Gasteiger partial charge is 0.338 e. The SMILES string of the molecule is CCOC(=O)C1=C(C)N=c2s/c(=C\c3cccc(Oc4ccc([N+](=O)[O-])cc4[N+](=O)[O-])c3)c(=O)n2[C@H]1c1ccccc1OC(C)C. The van der Waals surface area contributed by atoms with Crippen molar-refractivity contribution < 1.29 is 28.9 Å². The highest BCUT2D eigenvalue weighted by atomic mass is 32.1. The predicted octanol–water partition coefficient (Wildman–Crippen LogP) is 5.19. The molecule has 0 N–H and O–H groups in total. The van der Waals surface area contributed by atoms with Gasteiger partial charge in [0.1, 0.15) is 17.5 Å². The van der Waals surface area contributed by atoms with E-state index in [0.717, 1.165) is 29.5 Å². The lowest BCUT2D eigenvalue weighted by Crippen LogP contribution is -2.40.